The number of carbonyl (C=O) groups excluding carboxylic acids is 1. The standard InChI is InChI=1S/C30H25BrN4O4S/c1-19-8-10-22(11-9-19)23-17-40-29-27(23)30(37)35(18-32-29)15-26(36)34-33-14-21-12-24(31)28(25(13-21)38-2)39-16-20-6-4-3-5-7-20/h3-14,17-18H,15-16H2,1-2H3,(H,34,36). The van der Waals surface area contributed by atoms with Crippen LogP contribution in [0.4, 0.5) is 0 Å². The van der Waals surface area contributed by atoms with Crippen molar-refractivity contribution in [2.45, 2.75) is 20.1 Å². The fraction of sp³-hybridized carbons (Fsp3) is 0.133. The van der Waals surface area contributed by atoms with Gasteiger partial charge in [-0.25, -0.2) is 10.4 Å². The highest BCUT2D eigenvalue weighted by atomic mass is 79.9. The second-order valence-electron chi connectivity index (χ2n) is 8.97. The predicted molar refractivity (Wildman–Crippen MR) is 161 cm³/mol. The summed E-state index contributed by atoms with van der Waals surface area (Å²) >= 11 is 4.93. The highest BCUT2D eigenvalue weighted by Crippen LogP contribution is 2.37. The van der Waals surface area contributed by atoms with Crippen LogP contribution >= 0.6 is 27.3 Å². The first kappa shape index (κ1) is 27.3. The molecule has 1 N–H and O–H groups in total. The van der Waals surface area contributed by atoms with Gasteiger partial charge in [-0.1, -0.05) is 60.2 Å². The summed E-state index contributed by atoms with van der Waals surface area (Å²) in [6.45, 7) is 2.18. The molecular formula is C30H25BrN4O4S. The van der Waals surface area contributed by atoms with Gasteiger partial charge < -0.3 is 9.47 Å². The predicted octanol–water partition coefficient (Wildman–Crippen LogP) is 5.93. The minimum absolute atomic E-state index is 0.221. The van der Waals surface area contributed by atoms with Crippen LogP contribution in [-0.4, -0.2) is 28.8 Å². The molecule has 8 nitrogen and oxygen atoms in total. The van der Waals surface area contributed by atoms with Gasteiger partial charge in [-0.15, -0.1) is 11.3 Å². The molecule has 202 valence electrons. The summed E-state index contributed by atoms with van der Waals surface area (Å²) in [5, 5.41) is 6.48. The molecule has 0 bridgehead atoms. The Morgan fingerprint density at radius 3 is 2.67 bits per heavy atom. The van der Waals surface area contributed by atoms with E-state index in [0.29, 0.717) is 38.4 Å². The third-order valence-corrected chi connectivity index (χ3v) is 7.59. The van der Waals surface area contributed by atoms with Crippen molar-refractivity contribution >= 4 is 49.6 Å². The van der Waals surface area contributed by atoms with Gasteiger partial charge in [0.05, 0.1) is 29.5 Å². The number of rotatable bonds is 9. The zero-order chi connectivity index (χ0) is 28.1. The Balaban J connectivity index is 1.27. The molecule has 1 amide bonds. The van der Waals surface area contributed by atoms with Crippen LogP contribution in [0.3, 0.4) is 0 Å². The maximum absolute atomic E-state index is 13.2. The number of aryl methyl sites for hydroxylation is 1. The van der Waals surface area contributed by atoms with E-state index in [1.54, 1.807) is 13.2 Å². The number of halogens is 1. The summed E-state index contributed by atoms with van der Waals surface area (Å²) in [6, 6.07) is 21.3. The van der Waals surface area contributed by atoms with Crippen LogP contribution in [0, 0.1) is 6.92 Å². The van der Waals surface area contributed by atoms with Crippen LogP contribution in [-0.2, 0) is 17.9 Å². The van der Waals surface area contributed by atoms with E-state index >= 15 is 0 Å². The van der Waals surface area contributed by atoms with Crippen molar-refractivity contribution in [2.75, 3.05) is 7.11 Å². The molecule has 40 heavy (non-hydrogen) atoms. The minimum Gasteiger partial charge on any atom is -0.493 e. The van der Waals surface area contributed by atoms with E-state index < -0.39 is 5.91 Å². The molecule has 5 rings (SSSR count). The first-order chi connectivity index (χ1) is 19.4. The second-order valence-corrected chi connectivity index (χ2v) is 10.7. The van der Waals surface area contributed by atoms with Crippen LogP contribution in [0.2, 0.25) is 0 Å². The lowest BCUT2D eigenvalue weighted by molar-refractivity contribution is -0.121. The zero-order valence-corrected chi connectivity index (χ0v) is 24.2. The van der Waals surface area contributed by atoms with Crippen LogP contribution in [0.25, 0.3) is 21.3 Å². The molecule has 0 atom stereocenters. The third-order valence-electron chi connectivity index (χ3n) is 6.12. The number of nitrogens with zero attached hydrogens (tertiary/aromatic N) is 3. The number of hydrogen-bond donors (Lipinski definition) is 1. The lowest BCUT2D eigenvalue weighted by Gasteiger charge is -2.13. The largest absolute Gasteiger partial charge is 0.493 e. The van der Waals surface area contributed by atoms with Crippen molar-refractivity contribution < 1.29 is 14.3 Å². The quantitative estimate of drug-likeness (QED) is 0.163. The Bertz CT molecular complexity index is 1750. The molecule has 2 heterocycles. The van der Waals surface area contributed by atoms with Gasteiger partial charge in [0.2, 0.25) is 0 Å². The SMILES string of the molecule is COc1cc(C=NNC(=O)Cn2cnc3scc(-c4ccc(C)cc4)c3c2=O)cc(Br)c1OCc1ccccc1. The fourth-order valence-electron chi connectivity index (χ4n) is 4.08. The number of benzene rings is 3. The van der Waals surface area contributed by atoms with Gasteiger partial charge in [-0.3, -0.25) is 14.2 Å². The van der Waals surface area contributed by atoms with E-state index in [9.17, 15) is 9.59 Å². The van der Waals surface area contributed by atoms with Crippen LogP contribution in [0.15, 0.2) is 92.8 Å². The summed E-state index contributed by atoms with van der Waals surface area (Å²) in [5.74, 6) is 0.623. The molecule has 0 aliphatic carbocycles. The number of amides is 1. The first-order valence-electron chi connectivity index (χ1n) is 12.3. The van der Waals surface area contributed by atoms with Gasteiger partial charge in [0.25, 0.3) is 11.5 Å². The molecule has 3 aromatic carbocycles. The highest BCUT2D eigenvalue weighted by molar-refractivity contribution is 9.10. The molecule has 0 saturated heterocycles. The first-order valence-corrected chi connectivity index (χ1v) is 14.0. The molecule has 0 radical (unpaired) electrons. The molecule has 2 aromatic heterocycles. The number of nitrogens with one attached hydrogen (secondary N) is 1. The van der Waals surface area contributed by atoms with Gasteiger partial charge in [-0.05, 0) is 51.7 Å². The van der Waals surface area contributed by atoms with Gasteiger partial charge in [0.1, 0.15) is 18.0 Å². The van der Waals surface area contributed by atoms with E-state index in [2.05, 4.69) is 31.4 Å². The summed E-state index contributed by atoms with van der Waals surface area (Å²) in [4.78, 5) is 30.9. The molecule has 0 aliphatic rings. The lowest BCUT2D eigenvalue weighted by Crippen LogP contribution is -2.30. The number of ether oxygens (including phenoxy) is 2. The number of carbonyl (C=O) groups is 1. The van der Waals surface area contributed by atoms with Crippen molar-refractivity contribution in [1.29, 1.82) is 0 Å². The fourth-order valence-corrected chi connectivity index (χ4v) is 5.56. The lowest BCUT2D eigenvalue weighted by atomic mass is 10.1. The van der Waals surface area contributed by atoms with Gasteiger partial charge >= 0.3 is 0 Å². The summed E-state index contributed by atoms with van der Waals surface area (Å²) in [5.41, 5.74) is 6.78. The number of hydrogen-bond acceptors (Lipinski definition) is 7. The van der Waals surface area contributed by atoms with Crippen molar-refractivity contribution in [3.8, 4) is 22.6 Å². The molecule has 0 spiro atoms. The average molecular weight is 618 g/mol. The monoisotopic (exact) mass is 616 g/mol. The highest BCUT2D eigenvalue weighted by Gasteiger charge is 2.15. The Morgan fingerprint density at radius 1 is 1.15 bits per heavy atom. The van der Waals surface area contributed by atoms with Crippen molar-refractivity contribution in [3.63, 3.8) is 0 Å². The van der Waals surface area contributed by atoms with Gasteiger partial charge in [0, 0.05) is 10.9 Å². The van der Waals surface area contributed by atoms with E-state index in [1.165, 1.54) is 28.4 Å². The Morgan fingerprint density at radius 2 is 1.93 bits per heavy atom. The molecule has 0 saturated carbocycles. The molecular weight excluding hydrogens is 592 g/mol. The number of methoxy groups -OCH3 is 1. The zero-order valence-electron chi connectivity index (χ0n) is 21.8. The second kappa shape index (κ2) is 12.3. The molecule has 0 aliphatic heterocycles. The smallest absolute Gasteiger partial charge is 0.263 e. The van der Waals surface area contributed by atoms with Crippen molar-refractivity contribution in [2.24, 2.45) is 5.10 Å². The molecule has 0 fully saturated rings. The number of hydrazone groups is 1. The summed E-state index contributed by atoms with van der Waals surface area (Å²) in [7, 11) is 1.56. The maximum atomic E-state index is 13.2. The van der Waals surface area contributed by atoms with Crippen LogP contribution < -0.4 is 20.5 Å². The molecule has 10 heteroatoms. The minimum atomic E-state index is -0.458. The van der Waals surface area contributed by atoms with Crippen LogP contribution in [0.5, 0.6) is 11.5 Å². The van der Waals surface area contributed by atoms with E-state index in [0.717, 1.165) is 22.3 Å². The number of aromatic nitrogens is 2. The average Bonchev–Trinajstić information content (AvgIpc) is 3.39. The molecule has 5 aromatic rings. The van der Waals surface area contributed by atoms with E-state index in [1.807, 2.05) is 73.0 Å². The Kier molecular flexibility index (Phi) is 8.37. The Labute approximate surface area is 243 Å². The molecule has 0 unspecified atom stereocenters. The van der Waals surface area contributed by atoms with E-state index in [-0.39, 0.29) is 12.1 Å². The van der Waals surface area contributed by atoms with Gasteiger partial charge in [-0.2, -0.15) is 5.10 Å². The normalized spacial score (nSPS) is 11.2. The number of thiophene rings is 1. The number of fused-ring (bicyclic) bond motifs is 1. The van der Waals surface area contributed by atoms with Crippen LogP contribution in [0.1, 0.15) is 16.7 Å². The van der Waals surface area contributed by atoms with Crippen molar-refractivity contribution in [1.82, 2.24) is 15.0 Å². The van der Waals surface area contributed by atoms with E-state index in [4.69, 9.17) is 9.47 Å². The topological polar surface area (TPSA) is 94.8 Å². The summed E-state index contributed by atoms with van der Waals surface area (Å²) in [6.07, 6.45) is 2.88. The maximum Gasteiger partial charge on any atom is 0.263 e. The third kappa shape index (κ3) is 6.13. The van der Waals surface area contributed by atoms with Gasteiger partial charge in [0.15, 0.2) is 11.5 Å². The Hall–Kier alpha value is -4.28. The van der Waals surface area contributed by atoms with Crippen molar-refractivity contribution in [3.05, 3.63) is 110 Å². The summed E-state index contributed by atoms with van der Waals surface area (Å²) < 4.78 is 13.4.